The Hall–Kier alpha value is -1.92. The van der Waals surface area contributed by atoms with Crippen molar-refractivity contribution in [1.29, 1.82) is 0 Å². The molecule has 1 rings (SSSR count). The zero-order valence-corrected chi connectivity index (χ0v) is 14.3. The lowest BCUT2D eigenvalue weighted by Gasteiger charge is -2.19. The van der Waals surface area contributed by atoms with Gasteiger partial charge in [0.15, 0.2) is 0 Å². The predicted octanol–water partition coefficient (Wildman–Crippen LogP) is 0.819. The number of rotatable bonds is 8. The normalized spacial score (nSPS) is 17.8. The lowest BCUT2D eigenvalue weighted by molar-refractivity contribution is -0.147. The molecular weight excluding hydrogens is 300 g/mol. The van der Waals surface area contributed by atoms with Crippen molar-refractivity contribution >= 4 is 23.7 Å². The number of esters is 1. The van der Waals surface area contributed by atoms with E-state index in [9.17, 15) is 19.2 Å². The van der Waals surface area contributed by atoms with E-state index in [0.29, 0.717) is 13.0 Å². The Bertz CT molecular complexity index is 475. The van der Waals surface area contributed by atoms with Crippen molar-refractivity contribution in [1.82, 2.24) is 9.80 Å². The van der Waals surface area contributed by atoms with Crippen LogP contribution in [0.4, 0.5) is 0 Å². The zero-order chi connectivity index (χ0) is 17.6. The van der Waals surface area contributed by atoms with Gasteiger partial charge in [-0.25, -0.2) is 0 Å². The van der Waals surface area contributed by atoms with Crippen LogP contribution in [0.5, 0.6) is 0 Å². The number of likely N-dealkylation sites (N-methyl/N-ethyl adjacent to an activating group) is 1. The predicted molar refractivity (Wildman–Crippen MR) is 83.2 cm³/mol. The summed E-state index contributed by atoms with van der Waals surface area (Å²) in [6.07, 6.45) is 0.788. The number of likely N-dealkylation sites (tertiary alicyclic amines) is 1. The third-order valence-corrected chi connectivity index (χ3v) is 3.79. The quantitative estimate of drug-likeness (QED) is 0.487. The van der Waals surface area contributed by atoms with Gasteiger partial charge in [0.1, 0.15) is 6.61 Å². The van der Waals surface area contributed by atoms with Crippen molar-refractivity contribution < 1.29 is 23.9 Å². The average Bonchev–Trinajstić information content (AvgIpc) is 2.72. The molecule has 1 atom stereocenters. The highest BCUT2D eigenvalue weighted by Crippen LogP contribution is 2.19. The molecule has 0 saturated carbocycles. The molecule has 1 heterocycles. The molecule has 130 valence electrons. The summed E-state index contributed by atoms with van der Waals surface area (Å²) in [7, 11) is 1.67. The van der Waals surface area contributed by atoms with Crippen LogP contribution in [0.1, 0.15) is 40.0 Å². The minimum absolute atomic E-state index is 0.00114. The largest absolute Gasteiger partial charge is 0.464 e. The van der Waals surface area contributed by atoms with Crippen molar-refractivity contribution in [2.24, 2.45) is 11.8 Å². The van der Waals surface area contributed by atoms with Gasteiger partial charge in [-0.2, -0.15) is 0 Å². The van der Waals surface area contributed by atoms with Gasteiger partial charge in [0.2, 0.25) is 17.7 Å². The molecule has 0 aromatic heterocycles. The maximum absolute atomic E-state index is 11.7. The molecule has 1 fully saturated rings. The molecule has 0 aromatic rings. The molecule has 3 amide bonds. The fraction of sp³-hybridized carbons (Fsp3) is 0.750. The highest BCUT2D eigenvalue weighted by atomic mass is 16.5. The van der Waals surface area contributed by atoms with Gasteiger partial charge in [0.05, 0.1) is 6.54 Å². The second kappa shape index (κ2) is 8.64. The zero-order valence-electron chi connectivity index (χ0n) is 14.3. The van der Waals surface area contributed by atoms with E-state index in [4.69, 9.17) is 4.74 Å². The van der Waals surface area contributed by atoms with E-state index in [0.717, 1.165) is 0 Å². The molecular formula is C16H26N2O5. The number of carbonyl (C=O) groups is 4. The summed E-state index contributed by atoms with van der Waals surface area (Å²) in [6.45, 7) is 6.10. The third kappa shape index (κ3) is 5.65. The summed E-state index contributed by atoms with van der Waals surface area (Å²) in [6, 6.07) is 0. The number of carbonyl (C=O) groups excluding carboxylic acids is 4. The molecule has 7 heteroatoms. The van der Waals surface area contributed by atoms with Gasteiger partial charge in [-0.15, -0.1) is 0 Å². The van der Waals surface area contributed by atoms with Crippen molar-refractivity contribution in [2.75, 3.05) is 26.7 Å². The van der Waals surface area contributed by atoms with E-state index in [2.05, 4.69) is 0 Å². The highest BCUT2D eigenvalue weighted by Gasteiger charge is 2.34. The fourth-order valence-corrected chi connectivity index (χ4v) is 2.38. The Balaban J connectivity index is 2.19. The van der Waals surface area contributed by atoms with E-state index in [1.807, 2.05) is 13.8 Å². The Kier molecular flexibility index (Phi) is 7.19. The SMILES string of the molecule is CC(C)C(=O)N(C)CCOC(=O)CCCN1C(=O)CC(C)C1=O. The molecule has 23 heavy (non-hydrogen) atoms. The summed E-state index contributed by atoms with van der Waals surface area (Å²) >= 11 is 0. The summed E-state index contributed by atoms with van der Waals surface area (Å²) < 4.78 is 5.06. The first-order valence-electron chi connectivity index (χ1n) is 7.98. The van der Waals surface area contributed by atoms with Crippen LogP contribution in [-0.4, -0.2) is 60.2 Å². The van der Waals surface area contributed by atoms with Crippen molar-refractivity contribution in [2.45, 2.75) is 40.0 Å². The minimum atomic E-state index is -0.387. The second-order valence-electron chi connectivity index (χ2n) is 6.23. The van der Waals surface area contributed by atoms with Crippen LogP contribution in [0, 0.1) is 11.8 Å². The van der Waals surface area contributed by atoms with Gasteiger partial charge < -0.3 is 9.64 Å². The number of hydrogen-bond acceptors (Lipinski definition) is 5. The molecule has 0 radical (unpaired) electrons. The standard InChI is InChI=1S/C16H26N2O5/c1-11(2)15(21)17(4)8-9-23-14(20)6-5-7-18-13(19)10-12(3)16(18)22/h11-12H,5-10H2,1-4H3. The number of ether oxygens (including phenoxy) is 1. The summed E-state index contributed by atoms with van der Waals surface area (Å²) in [5.74, 6) is -1.08. The third-order valence-electron chi connectivity index (χ3n) is 3.79. The fourth-order valence-electron chi connectivity index (χ4n) is 2.38. The summed E-state index contributed by atoms with van der Waals surface area (Å²) in [4.78, 5) is 49.3. The maximum Gasteiger partial charge on any atom is 0.305 e. The smallest absolute Gasteiger partial charge is 0.305 e. The number of hydrogen-bond donors (Lipinski definition) is 0. The Morgan fingerprint density at radius 2 is 2.00 bits per heavy atom. The van der Waals surface area contributed by atoms with Crippen LogP contribution >= 0.6 is 0 Å². The van der Waals surface area contributed by atoms with Crippen LogP contribution in [0.15, 0.2) is 0 Å². The first-order valence-corrected chi connectivity index (χ1v) is 7.98. The van der Waals surface area contributed by atoms with E-state index in [1.54, 1.807) is 14.0 Å². The number of amides is 3. The molecule has 0 aromatic carbocycles. The molecule has 1 aliphatic heterocycles. The van der Waals surface area contributed by atoms with E-state index in [1.165, 1.54) is 9.80 Å². The van der Waals surface area contributed by atoms with Crippen LogP contribution in [0.3, 0.4) is 0 Å². The van der Waals surface area contributed by atoms with Gasteiger partial charge in [-0.1, -0.05) is 20.8 Å². The number of nitrogens with zero attached hydrogens (tertiary/aromatic N) is 2. The Labute approximate surface area is 136 Å². The van der Waals surface area contributed by atoms with E-state index < -0.39 is 0 Å². The minimum Gasteiger partial charge on any atom is -0.464 e. The van der Waals surface area contributed by atoms with Gasteiger partial charge in [-0.05, 0) is 6.42 Å². The van der Waals surface area contributed by atoms with E-state index >= 15 is 0 Å². The van der Waals surface area contributed by atoms with Crippen LogP contribution in [0.25, 0.3) is 0 Å². The van der Waals surface area contributed by atoms with Crippen LogP contribution in [-0.2, 0) is 23.9 Å². The molecule has 1 aliphatic rings. The lowest BCUT2D eigenvalue weighted by atomic mass is 10.1. The van der Waals surface area contributed by atoms with Crippen LogP contribution in [0.2, 0.25) is 0 Å². The van der Waals surface area contributed by atoms with Crippen molar-refractivity contribution in [3.63, 3.8) is 0 Å². The van der Waals surface area contributed by atoms with Crippen molar-refractivity contribution in [3.8, 4) is 0 Å². The summed E-state index contributed by atoms with van der Waals surface area (Å²) in [5.41, 5.74) is 0. The first kappa shape index (κ1) is 19.1. The first-order chi connectivity index (χ1) is 10.7. The summed E-state index contributed by atoms with van der Waals surface area (Å²) in [5, 5.41) is 0. The molecule has 7 nitrogen and oxygen atoms in total. The van der Waals surface area contributed by atoms with Gasteiger partial charge in [0, 0.05) is 38.3 Å². The molecule has 0 bridgehead atoms. The topological polar surface area (TPSA) is 84.0 Å². The van der Waals surface area contributed by atoms with Gasteiger partial charge >= 0.3 is 5.97 Å². The van der Waals surface area contributed by atoms with Gasteiger partial charge in [-0.3, -0.25) is 24.1 Å². The highest BCUT2D eigenvalue weighted by molar-refractivity contribution is 6.03. The van der Waals surface area contributed by atoms with Gasteiger partial charge in [0.25, 0.3) is 0 Å². The van der Waals surface area contributed by atoms with E-state index in [-0.39, 0.29) is 61.5 Å². The molecule has 0 N–H and O–H groups in total. The number of imide groups is 1. The monoisotopic (exact) mass is 326 g/mol. The Morgan fingerprint density at radius 3 is 2.52 bits per heavy atom. The molecule has 0 aliphatic carbocycles. The molecule has 1 saturated heterocycles. The Morgan fingerprint density at radius 1 is 1.35 bits per heavy atom. The second-order valence-corrected chi connectivity index (χ2v) is 6.23. The molecule has 1 unspecified atom stereocenters. The average molecular weight is 326 g/mol. The van der Waals surface area contributed by atoms with Crippen LogP contribution < -0.4 is 0 Å². The molecule has 0 spiro atoms. The maximum atomic E-state index is 11.7. The lowest BCUT2D eigenvalue weighted by Crippen LogP contribution is -2.34. The van der Waals surface area contributed by atoms with Crippen molar-refractivity contribution in [3.05, 3.63) is 0 Å².